The number of nitrogens with zero attached hydrogens (tertiary/aromatic N) is 2. The van der Waals surface area contributed by atoms with Gasteiger partial charge in [-0.05, 0) is 5.92 Å². The van der Waals surface area contributed by atoms with Crippen LogP contribution in [0.2, 0.25) is 5.15 Å². The molecule has 0 bridgehead atoms. The molecule has 0 aliphatic rings. The number of thioether (sulfide) groups is 1. The van der Waals surface area contributed by atoms with Gasteiger partial charge in [-0.1, -0.05) is 18.5 Å². The average Bonchev–Trinajstić information content (AvgIpc) is 2.25. The first-order chi connectivity index (χ1) is 7.19. The third-order valence-electron chi connectivity index (χ3n) is 1.73. The van der Waals surface area contributed by atoms with E-state index in [1.807, 2.05) is 6.92 Å². The maximum Gasteiger partial charge on any atom is 0.155 e. The topological polar surface area (TPSA) is 63.1 Å². The molecular weight excluding hydrogens is 236 g/mol. The van der Waals surface area contributed by atoms with E-state index in [2.05, 4.69) is 9.97 Å². The Bertz CT molecular complexity index is 349. The van der Waals surface area contributed by atoms with Crippen LogP contribution >= 0.6 is 23.4 Å². The zero-order valence-electron chi connectivity index (χ0n) is 8.18. The van der Waals surface area contributed by atoms with Crippen molar-refractivity contribution < 1.29 is 9.90 Å². The van der Waals surface area contributed by atoms with Crippen molar-refractivity contribution in [3.8, 4) is 0 Å². The maximum absolute atomic E-state index is 10.7. The normalized spacial score (nSPS) is 12.5. The molecule has 1 rings (SSSR count). The summed E-state index contributed by atoms with van der Waals surface area (Å²) >= 11 is 7.13. The Morgan fingerprint density at radius 1 is 1.67 bits per heavy atom. The minimum Gasteiger partial charge on any atom is -0.396 e. The molecule has 0 amide bonds. The van der Waals surface area contributed by atoms with Crippen LogP contribution in [0.3, 0.4) is 0 Å². The van der Waals surface area contributed by atoms with Crippen LogP contribution in [-0.2, 0) is 0 Å². The van der Waals surface area contributed by atoms with E-state index in [4.69, 9.17) is 16.7 Å². The first-order valence-corrected chi connectivity index (χ1v) is 5.74. The number of hydrogen-bond donors (Lipinski definition) is 1. The molecule has 0 aliphatic carbocycles. The lowest BCUT2D eigenvalue weighted by atomic mass is 10.2. The monoisotopic (exact) mass is 246 g/mol. The van der Waals surface area contributed by atoms with Crippen LogP contribution in [0.5, 0.6) is 0 Å². The second-order valence-corrected chi connectivity index (χ2v) is 4.47. The van der Waals surface area contributed by atoms with Gasteiger partial charge in [0.25, 0.3) is 0 Å². The fraction of sp³-hybridized carbons (Fsp3) is 0.444. The molecule has 1 unspecified atom stereocenters. The fourth-order valence-electron chi connectivity index (χ4n) is 0.847. The summed E-state index contributed by atoms with van der Waals surface area (Å²) < 4.78 is 0. The number of halogens is 1. The lowest BCUT2D eigenvalue weighted by molar-refractivity contribution is 0.112. The van der Waals surface area contributed by atoms with Gasteiger partial charge in [0, 0.05) is 12.4 Å². The van der Waals surface area contributed by atoms with E-state index < -0.39 is 0 Å². The van der Waals surface area contributed by atoms with Crippen LogP contribution in [-0.4, -0.2) is 33.7 Å². The highest BCUT2D eigenvalue weighted by molar-refractivity contribution is 7.99. The Morgan fingerprint density at radius 2 is 2.40 bits per heavy atom. The summed E-state index contributed by atoms with van der Waals surface area (Å²) in [6, 6.07) is 0. The van der Waals surface area contributed by atoms with E-state index in [1.165, 1.54) is 18.1 Å². The molecule has 15 heavy (non-hydrogen) atoms. The fourth-order valence-corrected chi connectivity index (χ4v) is 2.05. The van der Waals surface area contributed by atoms with E-state index in [-0.39, 0.29) is 17.7 Å². The summed E-state index contributed by atoms with van der Waals surface area (Å²) in [6.07, 6.45) is 1.97. The summed E-state index contributed by atoms with van der Waals surface area (Å²) in [4.78, 5) is 18.4. The summed E-state index contributed by atoms with van der Waals surface area (Å²) in [5, 5.41) is 9.58. The van der Waals surface area contributed by atoms with Gasteiger partial charge in [0.15, 0.2) is 6.29 Å². The van der Waals surface area contributed by atoms with E-state index in [9.17, 15) is 4.79 Å². The van der Waals surface area contributed by atoms with E-state index in [1.54, 1.807) is 0 Å². The van der Waals surface area contributed by atoms with E-state index in [0.717, 1.165) is 0 Å². The molecule has 0 radical (unpaired) electrons. The summed E-state index contributed by atoms with van der Waals surface area (Å²) in [6.45, 7) is 2.03. The van der Waals surface area contributed by atoms with Crippen LogP contribution in [0.25, 0.3) is 0 Å². The SMILES string of the molecule is CC(CO)CSc1ncnc(Cl)c1C=O. The van der Waals surface area contributed by atoms with Gasteiger partial charge in [-0.3, -0.25) is 4.79 Å². The second-order valence-electron chi connectivity index (χ2n) is 3.10. The van der Waals surface area contributed by atoms with Crippen LogP contribution in [0.4, 0.5) is 0 Å². The second kappa shape index (κ2) is 6.05. The standard InChI is InChI=1S/C9H11ClN2O2S/c1-6(2-13)4-15-9-7(3-14)8(10)11-5-12-9/h3,5-6,13H,2,4H2,1H3. The molecule has 1 aromatic heterocycles. The molecule has 0 saturated heterocycles. The van der Waals surface area contributed by atoms with Crippen molar-refractivity contribution in [1.82, 2.24) is 9.97 Å². The van der Waals surface area contributed by atoms with Gasteiger partial charge < -0.3 is 5.11 Å². The Labute approximate surface area is 97.1 Å². The molecule has 0 aromatic carbocycles. The molecule has 4 nitrogen and oxygen atoms in total. The van der Waals surface area contributed by atoms with Crippen molar-refractivity contribution in [1.29, 1.82) is 0 Å². The number of aldehydes is 1. The van der Waals surface area contributed by atoms with Gasteiger partial charge in [-0.25, -0.2) is 9.97 Å². The van der Waals surface area contributed by atoms with Crippen molar-refractivity contribution in [3.63, 3.8) is 0 Å². The van der Waals surface area contributed by atoms with E-state index in [0.29, 0.717) is 22.6 Å². The molecule has 1 N–H and O–H groups in total. The lowest BCUT2D eigenvalue weighted by Gasteiger charge is -2.07. The van der Waals surface area contributed by atoms with Crippen molar-refractivity contribution in [2.45, 2.75) is 11.9 Å². The van der Waals surface area contributed by atoms with Gasteiger partial charge >= 0.3 is 0 Å². The number of rotatable bonds is 5. The summed E-state index contributed by atoms with van der Waals surface area (Å²) in [7, 11) is 0. The predicted octanol–water partition coefficient (Wildman–Crippen LogP) is 1.66. The minimum atomic E-state index is 0.113. The molecule has 0 fully saturated rings. The maximum atomic E-state index is 10.7. The smallest absolute Gasteiger partial charge is 0.155 e. The lowest BCUT2D eigenvalue weighted by Crippen LogP contribution is -2.04. The number of carbonyl (C=O) groups excluding carboxylic acids is 1. The van der Waals surface area contributed by atoms with Crippen molar-refractivity contribution >= 4 is 29.6 Å². The highest BCUT2D eigenvalue weighted by atomic mass is 35.5. The molecule has 0 saturated carbocycles. The van der Waals surface area contributed by atoms with Crippen LogP contribution in [0.1, 0.15) is 17.3 Å². The Hall–Kier alpha value is -0.650. The van der Waals surface area contributed by atoms with E-state index >= 15 is 0 Å². The predicted molar refractivity (Wildman–Crippen MR) is 59.4 cm³/mol. The number of aliphatic hydroxyl groups is 1. The Morgan fingerprint density at radius 3 is 3.00 bits per heavy atom. The van der Waals surface area contributed by atoms with Crippen LogP contribution in [0.15, 0.2) is 11.4 Å². The molecule has 1 aromatic rings. The van der Waals surface area contributed by atoms with Gasteiger partial charge in [-0.2, -0.15) is 0 Å². The number of carbonyl (C=O) groups is 1. The van der Waals surface area contributed by atoms with Gasteiger partial charge in [0.05, 0.1) is 5.56 Å². The first-order valence-electron chi connectivity index (χ1n) is 4.38. The zero-order chi connectivity index (χ0) is 11.3. The molecule has 82 valence electrons. The van der Waals surface area contributed by atoms with Crippen molar-refractivity contribution in [2.24, 2.45) is 5.92 Å². The highest BCUT2D eigenvalue weighted by Crippen LogP contribution is 2.24. The molecule has 0 aliphatic heterocycles. The first kappa shape index (κ1) is 12.4. The molecular formula is C9H11ClN2O2S. The molecule has 1 heterocycles. The van der Waals surface area contributed by atoms with Crippen LogP contribution in [0, 0.1) is 5.92 Å². The summed E-state index contributed by atoms with van der Waals surface area (Å²) in [5.74, 6) is 0.841. The minimum absolute atomic E-state index is 0.113. The molecule has 6 heteroatoms. The molecule has 1 atom stereocenters. The Kier molecular flexibility index (Phi) is 5.01. The Balaban J connectivity index is 2.76. The number of aromatic nitrogens is 2. The largest absolute Gasteiger partial charge is 0.396 e. The average molecular weight is 247 g/mol. The summed E-state index contributed by atoms with van der Waals surface area (Å²) in [5.41, 5.74) is 0.314. The molecule has 0 spiro atoms. The van der Waals surface area contributed by atoms with Crippen LogP contribution < -0.4 is 0 Å². The van der Waals surface area contributed by atoms with Crippen molar-refractivity contribution in [2.75, 3.05) is 12.4 Å². The number of hydrogen-bond acceptors (Lipinski definition) is 5. The highest BCUT2D eigenvalue weighted by Gasteiger charge is 2.10. The zero-order valence-corrected chi connectivity index (χ0v) is 9.75. The quantitative estimate of drug-likeness (QED) is 0.486. The van der Waals surface area contributed by atoms with Gasteiger partial charge in [-0.15, -0.1) is 11.8 Å². The van der Waals surface area contributed by atoms with Gasteiger partial charge in [0.2, 0.25) is 0 Å². The van der Waals surface area contributed by atoms with Gasteiger partial charge in [0.1, 0.15) is 16.5 Å². The number of aliphatic hydroxyl groups excluding tert-OH is 1. The van der Waals surface area contributed by atoms with Crippen molar-refractivity contribution in [3.05, 3.63) is 17.0 Å². The third-order valence-corrected chi connectivity index (χ3v) is 3.37. The third kappa shape index (κ3) is 3.44.